The SMILES string of the molecule is C[C@H](CCOc1ccccc1)C(=O)N1CCC[C@H](N2CCCC2=O)C1. The van der Waals surface area contributed by atoms with Crippen LogP contribution in [0, 0.1) is 5.92 Å². The predicted octanol–water partition coefficient (Wildman–Crippen LogP) is 2.71. The summed E-state index contributed by atoms with van der Waals surface area (Å²) in [6.45, 7) is 4.86. The van der Waals surface area contributed by atoms with Gasteiger partial charge >= 0.3 is 0 Å². The molecule has 2 aliphatic rings. The van der Waals surface area contributed by atoms with Crippen molar-refractivity contribution in [3.05, 3.63) is 30.3 Å². The summed E-state index contributed by atoms with van der Waals surface area (Å²) in [6.07, 6.45) is 4.32. The number of piperidine rings is 1. The van der Waals surface area contributed by atoms with Crippen molar-refractivity contribution in [2.45, 2.75) is 45.1 Å². The minimum atomic E-state index is -0.0586. The van der Waals surface area contributed by atoms with Gasteiger partial charge in [0.2, 0.25) is 11.8 Å². The fraction of sp³-hybridized carbons (Fsp3) is 0.600. The maximum absolute atomic E-state index is 12.7. The van der Waals surface area contributed by atoms with Crippen LogP contribution in [0.5, 0.6) is 5.75 Å². The number of rotatable bonds is 6. The van der Waals surface area contributed by atoms with Crippen molar-refractivity contribution in [3.63, 3.8) is 0 Å². The van der Waals surface area contributed by atoms with Gasteiger partial charge in [-0.05, 0) is 37.8 Å². The van der Waals surface area contributed by atoms with E-state index in [1.54, 1.807) is 0 Å². The molecule has 0 aromatic heterocycles. The molecule has 1 aromatic carbocycles. The van der Waals surface area contributed by atoms with Crippen molar-refractivity contribution >= 4 is 11.8 Å². The van der Waals surface area contributed by atoms with Gasteiger partial charge in [0, 0.05) is 38.0 Å². The maximum atomic E-state index is 12.7. The van der Waals surface area contributed by atoms with Crippen LogP contribution < -0.4 is 4.74 Å². The standard InChI is InChI=1S/C20H28N2O3/c1-16(11-14-25-18-8-3-2-4-9-18)20(24)21-12-5-7-17(15-21)22-13-6-10-19(22)23/h2-4,8-9,16-17H,5-7,10-15H2,1H3/t16-,17+/m1/s1. The normalized spacial score (nSPS) is 22.1. The molecule has 136 valence electrons. The third kappa shape index (κ3) is 4.53. The molecule has 2 aliphatic heterocycles. The minimum absolute atomic E-state index is 0.0586. The summed E-state index contributed by atoms with van der Waals surface area (Å²) in [5, 5.41) is 0. The van der Waals surface area contributed by atoms with Crippen LogP contribution in [-0.4, -0.2) is 53.9 Å². The molecular weight excluding hydrogens is 316 g/mol. The van der Waals surface area contributed by atoms with Gasteiger partial charge in [-0.2, -0.15) is 0 Å². The number of hydrogen-bond donors (Lipinski definition) is 0. The third-order valence-electron chi connectivity index (χ3n) is 5.24. The topological polar surface area (TPSA) is 49.9 Å². The largest absolute Gasteiger partial charge is 0.494 e. The second kappa shape index (κ2) is 8.37. The van der Waals surface area contributed by atoms with E-state index in [4.69, 9.17) is 4.74 Å². The summed E-state index contributed by atoms with van der Waals surface area (Å²) in [5.41, 5.74) is 0. The first-order valence-corrected chi connectivity index (χ1v) is 9.41. The molecular formula is C20H28N2O3. The number of carbonyl (C=O) groups excluding carboxylic acids is 2. The Bertz CT molecular complexity index is 590. The lowest BCUT2D eigenvalue weighted by molar-refractivity contribution is -0.140. The molecule has 2 atom stereocenters. The summed E-state index contributed by atoms with van der Waals surface area (Å²) in [6, 6.07) is 9.90. The summed E-state index contributed by atoms with van der Waals surface area (Å²) in [5.74, 6) is 1.22. The number of nitrogens with zero attached hydrogens (tertiary/aromatic N) is 2. The summed E-state index contributed by atoms with van der Waals surface area (Å²) >= 11 is 0. The van der Waals surface area contributed by atoms with E-state index >= 15 is 0 Å². The first-order chi connectivity index (χ1) is 12.1. The van der Waals surface area contributed by atoms with Gasteiger partial charge in [-0.15, -0.1) is 0 Å². The van der Waals surface area contributed by atoms with Crippen LogP contribution in [0.1, 0.15) is 39.0 Å². The van der Waals surface area contributed by atoms with Crippen LogP contribution in [0.3, 0.4) is 0 Å². The van der Waals surface area contributed by atoms with E-state index in [0.29, 0.717) is 26.0 Å². The van der Waals surface area contributed by atoms with Crippen molar-refractivity contribution in [2.24, 2.45) is 5.92 Å². The van der Waals surface area contributed by atoms with E-state index in [-0.39, 0.29) is 23.8 Å². The molecule has 0 saturated carbocycles. The van der Waals surface area contributed by atoms with Gasteiger partial charge in [-0.25, -0.2) is 0 Å². The molecule has 5 nitrogen and oxygen atoms in total. The van der Waals surface area contributed by atoms with Gasteiger partial charge in [0.25, 0.3) is 0 Å². The number of benzene rings is 1. The average Bonchev–Trinajstić information content (AvgIpc) is 3.08. The highest BCUT2D eigenvalue weighted by atomic mass is 16.5. The van der Waals surface area contributed by atoms with Gasteiger partial charge in [-0.1, -0.05) is 25.1 Å². The number of likely N-dealkylation sites (tertiary alicyclic amines) is 2. The Labute approximate surface area is 149 Å². The minimum Gasteiger partial charge on any atom is -0.494 e. The van der Waals surface area contributed by atoms with Crippen LogP contribution in [0.25, 0.3) is 0 Å². The Morgan fingerprint density at radius 1 is 1.24 bits per heavy atom. The predicted molar refractivity (Wildman–Crippen MR) is 96.3 cm³/mol. The molecule has 3 rings (SSSR count). The first-order valence-electron chi connectivity index (χ1n) is 9.41. The van der Waals surface area contributed by atoms with Gasteiger partial charge in [0.05, 0.1) is 6.61 Å². The van der Waals surface area contributed by atoms with Crippen LogP contribution in [-0.2, 0) is 9.59 Å². The van der Waals surface area contributed by atoms with Gasteiger partial charge in [0.15, 0.2) is 0 Å². The van der Waals surface area contributed by atoms with Crippen molar-refractivity contribution in [3.8, 4) is 5.75 Å². The first kappa shape index (κ1) is 17.8. The van der Waals surface area contributed by atoms with Crippen molar-refractivity contribution in [1.82, 2.24) is 9.80 Å². The van der Waals surface area contributed by atoms with E-state index < -0.39 is 0 Å². The van der Waals surface area contributed by atoms with Gasteiger partial charge in [-0.3, -0.25) is 9.59 Å². The van der Waals surface area contributed by atoms with Crippen molar-refractivity contribution in [2.75, 3.05) is 26.2 Å². The molecule has 0 radical (unpaired) electrons. The Kier molecular flexibility index (Phi) is 5.95. The summed E-state index contributed by atoms with van der Waals surface area (Å²) < 4.78 is 5.71. The molecule has 0 aliphatic carbocycles. The van der Waals surface area contributed by atoms with E-state index in [2.05, 4.69) is 0 Å². The summed E-state index contributed by atoms with van der Waals surface area (Å²) in [4.78, 5) is 28.7. The van der Waals surface area contributed by atoms with Crippen molar-refractivity contribution in [1.29, 1.82) is 0 Å². The summed E-state index contributed by atoms with van der Waals surface area (Å²) in [7, 11) is 0. The smallest absolute Gasteiger partial charge is 0.225 e. The highest BCUT2D eigenvalue weighted by Gasteiger charge is 2.33. The van der Waals surface area contributed by atoms with Gasteiger partial charge in [0.1, 0.15) is 5.75 Å². The highest BCUT2D eigenvalue weighted by Crippen LogP contribution is 2.23. The zero-order valence-electron chi connectivity index (χ0n) is 15.0. The molecule has 5 heteroatoms. The van der Waals surface area contributed by atoms with E-state index in [1.807, 2.05) is 47.1 Å². The molecule has 0 bridgehead atoms. The average molecular weight is 344 g/mol. The number of amides is 2. The number of hydrogen-bond acceptors (Lipinski definition) is 3. The molecule has 2 fully saturated rings. The monoisotopic (exact) mass is 344 g/mol. The van der Waals surface area contributed by atoms with Crippen LogP contribution in [0.2, 0.25) is 0 Å². The van der Waals surface area contributed by atoms with E-state index in [0.717, 1.165) is 38.1 Å². The van der Waals surface area contributed by atoms with Crippen LogP contribution in [0.4, 0.5) is 0 Å². The fourth-order valence-electron chi connectivity index (χ4n) is 3.77. The Balaban J connectivity index is 1.47. The van der Waals surface area contributed by atoms with Crippen LogP contribution in [0.15, 0.2) is 30.3 Å². The Morgan fingerprint density at radius 3 is 2.76 bits per heavy atom. The lowest BCUT2D eigenvalue weighted by Gasteiger charge is -2.38. The maximum Gasteiger partial charge on any atom is 0.225 e. The molecule has 1 aromatic rings. The number of carbonyl (C=O) groups is 2. The second-order valence-electron chi connectivity index (χ2n) is 7.12. The Hall–Kier alpha value is -2.04. The van der Waals surface area contributed by atoms with E-state index in [9.17, 15) is 9.59 Å². The quantitative estimate of drug-likeness (QED) is 0.797. The number of para-hydroxylation sites is 1. The molecule has 0 spiro atoms. The molecule has 2 amide bonds. The highest BCUT2D eigenvalue weighted by molar-refractivity contribution is 5.80. The third-order valence-corrected chi connectivity index (χ3v) is 5.24. The van der Waals surface area contributed by atoms with E-state index in [1.165, 1.54) is 0 Å². The Morgan fingerprint density at radius 2 is 2.04 bits per heavy atom. The van der Waals surface area contributed by atoms with Crippen molar-refractivity contribution < 1.29 is 14.3 Å². The molecule has 0 unspecified atom stereocenters. The molecule has 2 saturated heterocycles. The van der Waals surface area contributed by atoms with Crippen LogP contribution >= 0.6 is 0 Å². The number of ether oxygens (including phenoxy) is 1. The zero-order chi connectivity index (χ0) is 17.6. The molecule has 2 heterocycles. The zero-order valence-corrected chi connectivity index (χ0v) is 15.0. The fourth-order valence-corrected chi connectivity index (χ4v) is 3.77. The van der Waals surface area contributed by atoms with Gasteiger partial charge < -0.3 is 14.5 Å². The molecule has 25 heavy (non-hydrogen) atoms. The lowest BCUT2D eigenvalue weighted by atomic mass is 10.0. The second-order valence-corrected chi connectivity index (χ2v) is 7.12. The molecule has 0 N–H and O–H groups in total. The lowest BCUT2D eigenvalue weighted by Crippen LogP contribution is -2.51.